The fraction of sp³-hybridized carbons (Fsp3) is 0.200. The number of nitrogens with one attached hydrogen (secondary N) is 1. The Kier molecular flexibility index (Phi) is 4.57. The zero-order valence-corrected chi connectivity index (χ0v) is 14.2. The van der Waals surface area contributed by atoms with Gasteiger partial charge in [0.05, 0.1) is 11.1 Å². The summed E-state index contributed by atoms with van der Waals surface area (Å²) in [4.78, 5) is 24.9. The van der Waals surface area contributed by atoms with E-state index in [9.17, 15) is 14.7 Å². The molecule has 1 amide bonds. The van der Waals surface area contributed by atoms with Crippen LogP contribution in [0.1, 0.15) is 28.8 Å². The summed E-state index contributed by atoms with van der Waals surface area (Å²) in [5.41, 5.74) is 1.16. The standard InChI is InChI=1S/C20H20N2O3/c1-13(14-8-4-3-5-9-14)12-21-19(24)17-15-10-6-7-11-16(15)22(2)20(25)18(17)23/h3-11,13,23H,12H2,1-2H3,(H,21,24). The lowest BCUT2D eigenvalue weighted by atomic mass is 10.0. The Balaban J connectivity index is 1.91. The van der Waals surface area contributed by atoms with Crippen LogP contribution in [0.25, 0.3) is 10.9 Å². The lowest BCUT2D eigenvalue weighted by molar-refractivity contribution is 0.0950. The van der Waals surface area contributed by atoms with Gasteiger partial charge in [-0.3, -0.25) is 9.59 Å². The number of pyridine rings is 1. The number of carbonyl (C=O) groups is 1. The van der Waals surface area contributed by atoms with Gasteiger partial charge in [0, 0.05) is 19.0 Å². The molecule has 0 aliphatic carbocycles. The van der Waals surface area contributed by atoms with Gasteiger partial charge in [0.2, 0.25) is 0 Å². The molecule has 1 unspecified atom stereocenters. The number of amides is 1. The van der Waals surface area contributed by atoms with E-state index in [1.807, 2.05) is 37.3 Å². The Morgan fingerprint density at radius 2 is 1.76 bits per heavy atom. The number of rotatable bonds is 4. The number of carbonyl (C=O) groups excluding carboxylic acids is 1. The third-order valence-electron chi connectivity index (χ3n) is 4.44. The second kappa shape index (κ2) is 6.81. The Morgan fingerprint density at radius 1 is 1.12 bits per heavy atom. The molecular weight excluding hydrogens is 316 g/mol. The van der Waals surface area contributed by atoms with Gasteiger partial charge >= 0.3 is 0 Å². The van der Waals surface area contributed by atoms with Gasteiger partial charge in [-0.1, -0.05) is 55.5 Å². The van der Waals surface area contributed by atoms with Crippen molar-refractivity contribution in [2.75, 3.05) is 6.54 Å². The van der Waals surface area contributed by atoms with Crippen molar-refractivity contribution < 1.29 is 9.90 Å². The van der Waals surface area contributed by atoms with Crippen LogP contribution in [-0.2, 0) is 7.05 Å². The highest BCUT2D eigenvalue weighted by Crippen LogP contribution is 2.23. The SMILES string of the molecule is CC(CNC(=O)c1c(O)c(=O)n(C)c2ccccc12)c1ccccc1. The van der Waals surface area contributed by atoms with Gasteiger partial charge in [-0.05, 0) is 17.5 Å². The Morgan fingerprint density at radius 3 is 2.48 bits per heavy atom. The Labute approximate surface area is 145 Å². The summed E-state index contributed by atoms with van der Waals surface area (Å²) in [6.07, 6.45) is 0. The predicted molar refractivity (Wildman–Crippen MR) is 98.0 cm³/mol. The molecule has 3 aromatic rings. The van der Waals surface area contributed by atoms with Crippen molar-refractivity contribution in [2.24, 2.45) is 7.05 Å². The normalized spacial score (nSPS) is 12.1. The maximum atomic E-state index is 12.7. The molecule has 1 aromatic heterocycles. The third kappa shape index (κ3) is 3.13. The van der Waals surface area contributed by atoms with E-state index in [1.165, 1.54) is 4.57 Å². The first-order chi connectivity index (χ1) is 12.0. The fourth-order valence-corrected chi connectivity index (χ4v) is 2.94. The Hall–Kier alpha value is -3.08. The Bertz CT molecular complexity index is 977. The molecule has 3 rings (SSSR count). The first-order valence-corrected chi connectivity index (χ1v) is 8.14. The minimum atomic E-state index is -0.583. The molecular formula is C20H20N2O3. The van der Waals surface area contributed by atoms with E-state index in [0.717, 1.165) is 5.56 Å². The van der Waals surface area contributed by atoms with Crippen LogP contribution in [0.4, 0.5) is 0 Å². The number of hydrogen-bond acceptors (Lipinski definition) is 3. The van der Waals surface area contributed by atoms with E-state index >= 15 is 0 Å². The maximum absolute atomic E-state index is 12.7. The molecule has 0 spiro atoms. The molecule has 0 aliphatic rings. The van der Waals surface area contributed by atoms with Crippen molar-refractivity contribution in [3.05, 3.63) is 76.1 Å². The zero-order valence-electron chi connectivity index (χ0n) is 14.2. The monoisotopic (exact) mass is 336 g/mol. The molecule has 0 saturated heterocycles. The average molecular weight is 336 g/mol. The van der Waals surface area contributed by atoms with Crippen molar-refractivity contribution in [3.8, 4) is 5.75 Å². The van der Waals surface area contributed by atoms with Crippen molar-refractivity contribution in [3.63, 3.8) is 0 Å². The molecule has 2 N–H and O–H groups in total. The van der Waals surface area contributed by atoms with Crippen molar-refractivity contribution in [1.29, 1.82) is 0 Å². The molecule has 0 saturated carbocycles. The third-order valence-corrected chi connectivity index (χ3v) is 4.44. The number of aryl methyl sites for hydroxylation is 1. The van der Waals surface area contributed by atoms with Gasteiger partial charge in [-0.15, -0.1) is 0 Å². The van der Waals surface area contributed by atoms with Gasteiger partial charge in [0.15, 0.2) is 5.75 Å². The van der Waals surface area contributed by atoms with Gasteiger partial charge in [-0.25, -0.2) is 0 Å². The number of hydrogen-bond donors (Lipinski definition) is 2. The second-order valence-corrected chi connectivity index (χ2v) is 6.13. The molecule has 5 nitrogen and oxygen atoms in total. The second-order valence-electron chi connectivity index (χ2n) is 6.13. The number of nitrogens with zero attached hydrogens (tertiary/aromatic N) is 1. The predicted octanol–water partition coefficient (Wildman–Crippen LogP) is 2.78. The summed E-state index contributed by atoms with van der Waals surface area (Å²) >= 11 is 0. The quantitative estimate of drug-likeness (QED) is 0.769. The van der Waals surface area contributed by atoms with E-state index in [1.54, 1.807) is 31.3 Å². The van der Waals surface area contributed by atoms with E-state index in [-0.39, 0.29) is 11.5 Å². The minimum absolute atomic E-state index is 0.0268. The van der Waals surface area contributed by atoms with Crippen LogP contribution in [0.3, 0.4) is 0 Å². The fourth-order valence-electron chi connectivity index (χ4n) is 2.94. The van der Waals surface area contributed by atoms with Crippen molar-refractivity contribution in [1.82, 2.24) is 9.88 Å². The molecule has 128 valence electrons. The van der Waals surface area contributed by atoms with Gasteiger partial charge < -0.3 is 15.0 Å². The van der Waals surface area contributed by atoms with Crippen LogP contribution < -0.4 is 10.9 Å². The molecule has 25 heavy (non-hydrogen) atoms. The molecule has 1 atom stereocenters. The van der Waals surface area contributed by atoms with Crippen molar-refractivity contribution >= 4 is 16.8 Å². The highest BCUT2D eigenvalue weighted by molar-refractivity contribution is 6.08. The summed E-state index contributed by atoms with van der Waals surface area (Å²) < 4.78 is 1.34. The van der Waals surface area contributed by atoms with Crippen LogP contribution in [0.2, 0.25) is 0 Å². The van der Waals surface area contributed by atoms with E-state index in [4.69, 9.17) is 0 Å². The lowest BCUT2D eigenvalue weighted by Crippen LogP contribution is -2.30. The number of benzene rings is 2. The van der Waals surface area contributed by atoms with Crippen LogP contribution in [0.15, 0.2) is 59.4 Å². The van der Waals surface area contributed by atoms with Gasteiger partial charge in [-0.2, -0.15) is 0 Å². The molecule has 1 heterocycles. The smallest absolute Gasteiger partial charge is 0.293 e. The molecule has 5 heteroatoms. The topological polar surface area (TPSA) is 71.3 Å². The molecule has 0 bridgehead atoms. The van der Waals surface area contributed by atoms with Crippen LogP contribution in [0, 0.1) is 0 Å². The number of aromatic nitrogens is 1. The summed E-state index contributed by atoms with van der Waals surface area (Å²) in [6, 6.07) is 16.9. The number of fused-ring (bicyclic) bond motifs is 1. The molecule has 0 aliphatic heterocycles. The molecule has 2 aromatic carbocycles. The van der Waals surface area contributed by atoms with E-state index in [0.29, 0.717) is 17.4 Å². The highest BCUT2D eigenvalue weighted by Gasteiger charge is 2.20. The van der Waals surface area contributed by atoms with Gasteiger partial charge in [0.25, 0.3) is 11.5 Å². The highest BCUT2D eigenvalue weighted by atomic mass is 16.3. The summed E-state index contributed by atoms with van der Waals surface area (Å²) in [6.45, 7) is 2.42. The summed E-state index contributed by atoms with van der Waals surface area (Å²) in [7, 11) is 1.57. The summed E-state index contributed by atoms with van der Waals surface area (Å²) in [5, 5.41) is 13.6. The number of aromatic hydroxyl groups is 1. The van der Waals surface area contributed by atoms with Crippen LogP contribution in [-0.4, -0.2) is 22.1 Å². The van der Waals surface area contributed by atoms with Gasteiger partial charge in [0.1, 0.15) is 0 Å². The average Bonchev–Trinajstić information content (AvgIpc) is 2.65. The minimum Gasteiger partial charge on any atom is -0.502 e. The summed E-state index contributed by atoms with van der Waals surface area (Å²) in [5.74, 6) is -0.856. The largest absolute Gasteiger partial charge is 0.502 e. The maximum Gasteiger partial charge on any atom is 0.293 e. The zero-order chi connectivity index (χ0) is 18.0. The van der Waals surface area contributed by atoms with E-state index in [2.05, 4.69) is 5.32 Å². The molecule has 0 fully saturated rings. The first kappa shape index (κ1) is 16.8. The van der Waals surface area contributed by atoms with Crippen LogP contribution in [0.5, 0.6) is 5.75 Å². The number of para-hydroxylation sites is 1. The van der Waals surface area contributed by atoms with Crippen molar-refractivity contribution in [2.45, 2.75) is 12.8 Å². The molecule has 0 radical (unpaired) electrons. The first-order valence-electron chi connectivity index (χ1n) is 8.14. The van der Waals surface area contributed by atoms with Crippen LogP contribution >= 0.6 is 0 Å². The lowest BCUT2D eigenvalue weighted by Gasteiger charge is -2.15. The van der Waals surface area contributed by atoms with E-state index < -0.39 is 17.2 Å².